The Morgan fingerprint density at radius 2 is 2.08 bits per heavy atom. The molecule has 2 heteroatoms. The van der Waals surface area contributed by atoms with E-state index in [2.05, 4.69) is 17.3 Å². The van der Waals surface area contributed by atoms with Gasteiger partial charge in [0.25, 0.3) is 0 Å². The third-order valence-corrected chi connectivity index (χ3v) is 3.42. The van der Waals surface area contributed by atoms with Crippen LogP contribution in [0.5, 0.6) is 0 Å². The molecule has 66 valence electrons. The van der Waals surface area contributed by atoms with Crippen molar-refractivity contribution in [2.45, 2.75) is 32.2 Å². The van der Waals surface area contributed by atoms with Gasteiger partial charge in [0.1, 0.15) is 5.54 Å². The largest absolute Gasteiger partial charge is 0.150 e. The summed E-state index contributed by atoms with van der Waals surface area (Å²) in [6.45, 7) is 3.92. The summed E-state index contributed by atoms with van der Waals surface area (Å²) in [6.07, 6.45) is 6.98. The van der Waals surface area contributed by atoms with Crippen LogP contribution in [0.2, 0.25) is 0 Å². The first-order valence-corrected chi connectivity index (χ1v) is 4.66. The molecule has 0 radical (unpaired) electrons. The van der Waals surface area contributed by atoms with Gasteiger partial charge in [0.2, 0.25) is 0 Å². The zero-order chi connectivity index (χ0) is 8.77. The van der Waals surface area contributed by atoms with Crippen LogP contribution >= 0.6 is 0 Å². The lowest BCUT2D eigenvalue weighted by molar-refractivity contribution is 0.277. The summed E-state index contributed by atoms with van der Waals surface area (Å²) in [5.74, 6) is 1.86. The Hall–Kier alpha value is -0.660. The van der Waals surface area contributed by atoms with Crippen molar-refractivity contribution in [1.29, 1.82) is 0 Å². The van der Waals surface area contributed by atoms with Crippen LogP contribution in [0.1, 0.15) is 26.7 Å². The van der Waals surface area contributed by atoms with Crippen molar-refractivity contribution < 1.29 is 0 Å². The lowest BCUT2D eigenvalue weighted by Gasteiger charge is -2.28. The van der Waals surface area contributed by atoms with E-state index in [1.54, 1.807) is 0 Å². The summed E-state index contributed by atoms with van der Waals surface area (Å²) < 4.78 is 0. The molecule has 0 heterocycles. The first-order valence-electron chi connectivity index (χ1n) is 4.66. The minimum absolute atomic E-state index is 0.357. The number of hydrogen-bond acceptors (Lipinski definition) is 2. The van der Waals surface area contributed by atoms with Crippen LogP contribution in [0, 0.1) is 22.7 Å². The molecular weight excluding hydrogens is 150 g/mol. The molecule has 3 atom stereocenters. The molecule has 0 aliphatic heterocycles. The van der Waals surface area contributed by atoms with Crippen LogP contribution in [0.3, 0.4) is 0 Å². The third-order valence-electron chi connectivity index (χ3n) is 3.42. The van der Waals surface area contributed by atoms with E-state index in [1.165, 1.54) is 12.8 Å². The number of hydrogen-bond donors (Lipinski definition) is 0. The second kappa shape index (κ2) is 2.41. The number of fused-ring (bicyclic) bond motifs is 2. The molecule has 1 fully saturated rings. The quantitative estimate of drug-likeness (QED) is 0.457. The van der Waals surface area contributed by atoms with Gasteiger partial charge >= 0.3 is 0 Å². The van der Waals surface area contributed by atoms with Crippen LogP contribution in [-0.4, -0.2) is 5.54 Å². The highest BCUT2D eigenvalue weighted by Crippen LogP contribution is 2.48. The first-order chi connectivity index (χ1) is 5.63. The summed E-state index contributed by atoms with van der Waals surface area (Å²) in [5, 5.41) is 3.24. The molecule has 0 aromatic heterocycles. The summed E-state index contributed by atoms with van der Waals surface area (Å²) in [4.78, 5) is 10.6. The predicted molar refractivity (Wildman–Crippen MR) is 48.7 cm³/mol. The lowest BCUT2D eigenvalue weighted by atomic mass is 9.79. The molecule has 12 heavy (non-hydrogen) atoms. The van der Waals surface area contributed by atoms with Crippen molar-refractivity contribution >= 4 is 0 Å². The van der Waals surface area contributed by atoms with E-state index in [4.69, 9.17) is 0 Å². The topological polar surface area (TPSA) is 29.4 Å². The van der Waals surface area contributed by atoms with E-state index in [0.29, 0.717) is 11.8 Å². The maximum atomic E-state index is 10.6. The number of nitroso groups, excluding NO2 is 1. The highest BCUT2D eigenvalue weighted by Gasteiger charge is 2.44. The Labute approximate surface area is 73.0 Å². The number of allylic oxidation sites excluding steroid dienone is 2. The Morgan fingerprint density at radius 3 is 2.50 bits per heavy atom. The van der Waals surface area contributed by atoms with Crippen LogP contribution in [0.25, 0.3) is 0 Å². The van der Waals surface area contributed by atoms with Gasteiger partial charge in [-0.3, -0.25) is 0 Å². The molecular formula is C10H15NO. The Morgan fingerprint density at radius 1 is 1.33 bits per heavy atom. The highest BCUT2D eigenvalue weighted by atomic mass is 16.3. The number of rotatable bonds is 2. The SMILES string of the molecule is CC(C)(N=O)C1CC2C=CC1C2. The van der Waals surface area contributed by atoms with Gasteiger partial charge in [-0.2, -0.15) is 4.91 Å². The second-order valence-electron chi connectivity index (χ2n) is 4.63. The minimum Gasteiger partial charge on any atom is -0.150 e. The van der Waals surface area contributed by atoms with Gasteiger partial charge in [-0.1, -0.05) is 17.3 Å². The smallest absolute Gasteiger partial charge is 0.100 e. The van der Waals surface area contributed by atoms with Gasteiger partial charge in [-0.15, -0.1) is 0 Å². The maximum Gasteiger partial charge on any atom is 0.100 e. The molecule has 0 saturated heterocycles. The summed E-state index contributed by atoms with van der Waals surface area (Å²) >= 11 is 0. The van der Waals surface area contributed by atoms with Crippen LogP contribution in [-0.2, 0) is 0 Å². The van der Waals surface area contributed by atoms with E-state index >= 15 is 0 Å². The Balaban J connectivity index is 2.17. The van der Waals surface area contributed by atoms with Gasteiger partial charge in [0.05, 0.1) is 0 Å². The Bertz CT molecular complexity index is 232. The molecule has 0 spiro atoms. The van der Waals surface area contributed by atoms with Crippen molar-refractivity contribution in [1.82, 2.24) is 0 Å². The molecule has 2 rings (SSSR count). The highest BCUT2D eigenvalue weighted by molar-refractivity contribution is 5.13. The molecule has 3 unspecified atom stereocenters. The fourth-order valence-corrected chi connectivity index (χ4v) is 2.66. The zero-order valence-corrected chi connectivity index (χ0v) is 7.66. The van der Waals surface area contributed by atoms with Gasteiger partial charge in [0.15, 0.2) is 0 Å². The predicted octanol–water partition coefficient (Wildman–Crippen LogP) is 2.74. The second-order valence-corrected chi connectivity index (χ2v) is 4.63. The molecule has 0 aromatic rings. The van der Waals surface area contributed by atoms with Crippen molar-refractivity contribution in [3.8, 4) is 0 Å². The molecule has 1 saturated carbocycles. The van der Waals surface area contributed by atoms with Gasteiger partial charge in [-0.25, -0.2) is 0 Å². The summed E-state index contributed by atoms with van der Waals surface area (Å²) in [6, 6.07) is 0. The van der Waals surface area contributed by atoms with Gasteiger partial charge < -0.3 is 0 Å². The van der Waals surface area contributed by atoms with Crippen molar-refractivity contribution in [2.75, 3.05) is 0 Å². The van der Waals surface area contributed by atoms with E-state index in [1.807, 2.05) is 13.8 Å². The third kappa shape index (κ3) is 1.01. The van der Waals surface area contributed by atoms with E-state index in [0.717, 1.165) is 5.92 Å². The molecule has 0 N–H and O–H groups in total. The monoisotopic (exact) mass is 165 g/mol. The van der Waals surface area contributed by atoms with Crippen LogP contribution < -0.4 is 0 Å². The maximum absolute atomic E-state index is 10.6. The van der Waals surface area contributed by atoms with Crippen LogP contribution in [0.4, 0.5) is 0 Å². The lowest BCUT2D eigenvalue weighted by Crippen LogP contribution is -2.31. The summed E-state index contributed by atoms with van der Waals surface area (Å²) in [7, 11) is 0. The van der Waals surface area contributed by atoms with Crippen molar-refractivity contribution in [3.63, 3.8) is 0 Å². The van der Waals surface area contributed by atoms with Gasteiger partial charge in [-0.05, 0) is 44.4 Å². The molecule has 2 nitrogen and oxygen atoms in total. The van der Waals surface area contributed by atoms with Gasteiger partial charge in [0, 0.05) is 0 Å². The fourth-order valence-electron chi connectivity index (χ4n) is 2.66. The molecule has 2 aliphatic carbocycles. The van der Waals surface area contributed by atoms with E-state index < -0.39 is 0 Å². The molecule has 0 amide bonds. The van der Waals surface area contributed by atoms with E-state index in [-0.39, 0.29) is 5.54 Å². The van der Waals surface area contributed by atoms with Crippen molar-refractivity contribution in [3.05, 3.63) is 17.1 Å². The molecule has 2 aliphatic rings. The van der Waals surface area contributed by atoms with Crippen molar-refractivity contribution in [2.24, 2.45) is 22.9 Å². The molecule has 0 aromatic carbocycles. The normalized spacial score (nSPS) is 39.0. The Kier molecular flexibility index (Phi) is 1.60. The number of nitrogens with zero attached hydrogens (tertiary/aromatic N) is 1. The van der Waals surface area contributed by atoms with E-state index in [9.17, 15) is 4.91 Å². The standard InChI is InChI=1S/C10H15NO/c1-10(2,11-12)9-6-7-3-4-8(9)5-7/h3-4,7-9H,5-6H2,1-2H3. The first kappa shape index (κ1) is 7.96. The minimum atomic E-state index is -0.357. The zero-order valence-electron chi connectivity index (χ0n) is 7.66. The molecule has 2 bridgehead atoms. The average molecular weight is 165 g/mol. The summed E-state index contributed by atoms with van der Waals surface area (Å²) in [5.41, 5.74) is -0.357. The average Bonchev–Trinajstić information content (AvgIpc) is 2.64. The van der Waals surface area contributed by atoms with Crippen LogP contribution in [0.15, 0.2) is 17.3 Å². The fraction of sp³-hybridized carbons (Fsp3) is 0.800.